The maximum atomic E-state index is 10.3. The fourth-order valence-corrected chi connectivity index (χ4v) is 2.78. The molecule has 0 fully saturated rings. The van der Waals surface area contributed by atoms with Crippen LogP contribution < -0.4 is 10.1 Å². The first-order valence-corrected chi connectivity index (χ1v) is 8.79. The van der Waals surface area contributed by atoms with Crippen LogP contribution in [-0.4, -0.2) is 34.6 Å². The number of hydrogen-bond donors (Lipinski definition) is 4. The van der Waals surface area contributed by atoms with Crippen LogP contribution in [0.2, 0.25) is 0 Å². The van der Waals surface area contributed by atoms with Gasteiger partial charge in [0, 0.05) is 6.54 Å². The topological polar surface area (TPSA) is 82.0 Å². The van der Waals surface area contributed by atoms with Crippen molar-refractivity contribution in [3.63, 3.8) is 0 Å². The average molecular weight is 365 g/mol. The average Bonchev–Trinajstić information content (AvgIpc) is 2.70. The first-order chi connectivity index (χ1) is 13.1. The molecule has 140 valence electrons. The molecule has 3 aromatic rings. The largest absolute Gasteiger partial charge is 0.508 e. The molecule has 1 atom stereocenters. The van der Waals surface area contributed by atoms with Crippen molar-refractivity contribution in [2.24, 2.45) is 0 Å². The van der Waals surface area contributed by atoms with E-state index in [0.29, 0.717) is 12.3 Å². The molecule has 4 N–H and O–H groups in total. The van der Waals surface area contributed by atoms with Gasteiger partial charge in [0.15, 0.2) is 0 Å². The highest BCUT2D eigenvalue weighted by Crippen LogP contribution is 2.25. The third kappa shape index (κ3) is 5.48. The number of aliphatic hydroxyl groups is 1. The van der Waals surface area contributed by atoms with Crippen molar-refractivity contribution >= 4 is 0 Å². The van der Waals surface area contributed by atoms with Gasteiger partial charge in [0.1, 0.15) is 30.0 Å². The third-order valence-electron chi connectivity index (χ3n) is 4.20. The smallest absolute Gasteiger partial charge is 0.119 e. The Morgan fingerprint density at radius 3 is 1.78 bits per heavy atom. The Kier molecular flexibility index (Phi) is 6.30. The van der Waals surface area contributed by atoms with Crippen LogP contribution in [-0.2, 0) is 0 Å². The number of aliphatic hydroxyl groups excluding tert-OH is 1. The molecule has 0 aliphatic rings. The van der Waals surface area contributed by atoms with E-state index in [2.05, 4.69) is 5.32 Å². The zero-order valence-electron chi connectivity index (χ0n) is 14.8. The van der Waals surface area contributed by atoms with Crippen molar-refractivity contribution in [3.05, 3.63) is 90.0 Å². The predicted molar refractivity (Wildman–Crippen MR) is 104 cm³/mol. The van der Waals surface area contributed by atoms with Crippen LogP contribution >= 0.6 is 0 Å². The van der Waals surface area contributed by atoms with E-state index in [4.69, 9.17) is 4.74 Å². The molecule has 0 bridgehead atoms. The zero-order chi connectivity index (χ0) is 19.1. The third-order valence-corrected chi connectivity index (χ3v) is 4.20. The van der Waals surface area contributed by atoms with E-state index in [1.165, 1.54) is 0 Å². The molecule has 5 nitrogen and oxygen atoms in total. The summed E-state index contributed by atoms with van der Waals surface area (Å²) in [6, 6.07) is 23.0. The molecule has 0 heterocycles. The SMILES string of the molecule is Oc1ccc(C(NC[C@H](O)COc2ccccc2)c2ccc(O)cc2)cc1. The van der Waals surface area contributed by atoms with E-state index >= 15 is 0 Å². The van der Waals surface area contributed by atoms with Gasteiger partial charge < -0.3 is 25.4 Å². The van der Waals surface area contributed by atoms with Gasteiger partial charge in [0.05, 0.1) is 6.04 Å². The molecule has 0 radical (unpaired) electrons. The Hall–Kier alpha value is -3.02. The van der Waals surface area contributed by atoms with E-state index in [0.717, 1.165) is 11.1 Å². The quantitative estimate of drug-likeness (QED) is 0.493. The van der Waals surface area contributed by atoms with Gasteiger partial charge in [-0.1, -0.05) is 42.5 Å². The van der Waals surface area contributed by atoms with Crippen LogP contribution in [0.15, 0.2) is 78.9 Å². The summed E-state index contributed by atoms with van der Waals surface area (Å²) in [6.45, 7) is 0.494. The van der Waals surface area contributed by atoms with Gasteiger partial charge in [0.2, 0.25) is 0 Å². The van der Waals surface area contributed by atoms with Crippen LogP contribution in [0.4, 0.5) is 0 Å². The highest BCUT2D eigenvalue weighted by molar-refractivity contribution is 5.37. The second kappa shape index (κ2) is 9.07. The number of nitrogens with one attached hydrogen (secondary N) is 1. The van der Waals surface area contributed by atoms with Gasteiger partial charge in [-0.05, 0) is 47.5 Å². The molecule has 0 aromatic heterocycles. The first-order valence-electron chi connectivity index (χ1n) is 8.79. The summed E-state index contributed by atoms with van der Waals surface area (Å²) in [5.74, 6) is 1.10. The Bertz CT molecular complexity index is 774. The van der Waals surface area contributed by atoms with Crippen molar-refractivity contribution in [3.8, 4) is 17.2 Å². The number of phenols is 2. The predicted octanol–water partition coefficient (Wildman–Crippen LogP) is 3.22. The summed E-state index contributed by atoms with van der Waals surface area (Å²) in [5, 5.41) is 32.7. The molecule has 3 aromatic carbocycles. The van der Waals surface area contributed by atoms with Gasteiger partial charge in [-0.2, -0.15) is 0 Å². The minimum atomic E-state index is -0.693. The van der Waals surface area contributed by atoms with E-state index in [9.17, 15) is 15.3 Å². The summed E-state index contributed by atoms with van der Waals surface area (Å²) in [7, 11) is 0. The summed E-state index contributed by atoms with van der Waals surface area (Å²) < 4.78 is 5.59. The molecule has 0 amide bonds. The van der Waals surface area contributed by atoms with Crippen molar-refractivity contribution in [1.82, 2.24) is 5.32 Å². The lowest BCUT2D eigenvalue weighted by Crippen LogP contribution is -2.34. The lowest BCUT2D eigenvalue weighted by atomic mass is 9.98. The maximum absolute atomic E-state index is 10.3. The highest BCUT2D eigenvalue weighted by atomic mass is 16.5. The second-order valence-corrected chi connectivity index (χ2v) is 6.30. The van der Waals surface area contributed by atoms with Crippen LogP contribution in [0.25, 0.3) is 0 Å². The zero-order valence-corrected chi connectivity index (χ0v) is 14.8. The number of hydrogen-bond acceptors (Lipinski definition) is 5. The minimum absolute atomic E-state index is 0.175. The Morgan fingerprint density at radius 2 is 1.26 bits per heavy atom. The van der Waals surface area contributed by atoms with E-state index < -0.39 is 6.10 Å². The minimum Gasteiger partial charge on any atom is -0.508 e. The molecule has 0 spiro atoms. The molecule has 0 unspecified atom stereocenters. The molecule has 0 saturated carbocycles. The maximum Gasteiger partial charge on any atom is 0.119 e. The van der Waals surface area contributed by atoms with Gasteiger partial charge >= 0.3 is 0 Å². The number of ether oxygens (including phenoxy) is 1. The summed E-state index contributed by atoms with van der Waals surface area (Å²) in [5.41, 5.74) is 1.88. The number of rotatable bonds is 8. The van der Waals surface area contributed by atoms with Crippen LogP contribution in [0, 0.1) is 0 Å². The van der Waals surface area contributed by atoms with Crippen molar-refractivity contribution < 1.29 is 20.1 Å². The van der Waals surface area contributed by atoms with E-state index in [1.807, 2.05) is 54.6 Å². The molecule has 0 saturated heterocycles. The number of phenolic OH excluding ortho intramolecular Hbond substituents is 2. The van der Waals surface area contributed by atoms with Gasteiger partial charge in [-0.25, -0.2) is 0 Å². The lowest BCUT2D eigenvalue weighted by molar-refractivity contribution is 0.105. The Balaban J connectivity index is 1.66. The van der Waals surface area contributed by atoms with Crippen molar-refractivity contribution in [1.29, 1.82) is 0 Å². The monoisotopic (exact) mass is 365 g/mol. The van der Waals surface area contributed by atoms with Gasteiger partial charge in [-0.15, -0.1) is 0 Å². The van der Waals surface area contributed by atoms with E-state index in [1.54, 1.807) is 24.3 Å². The fraction of sp³-hybridized carbons (Fsp3) is 0.182. The van der Waals surface area contributed by atoms with Crippen LogP contribution in [0.3, 0.4) is 0 Å². The molecule has 5 heteroatoms. The Labute approximate surface area is 158 Å². The first kappa shape index (κ1) is 18.8. The number of para-hydroxylation sites is 1. The van der Waals surface area contributed by atoms with Crippen LogP contribution in [0.1, 0.15) is 17.2 Å². The summed E-state index contributed by atoms with van der Waals surface area (Å²) in [4.78, 5) is 0. The van der Waals surface area contributed by atoms with Gasteiger partial charge in [-0.3, -0.25) is 0 Å². The highest BCUT2D eigenvalue weighted by Gasteiger charge is 2.16. The number of benzene rings is 3. The molecular weight excluding hydrogens is 342 g/mol. The molecule has 27 heavy (non-hydrogen) atoms. The van der Waals surface area contributed by atoms with Crippen molar-refractivity contribution in [2.45, 2.75) is 12.1 Å². The van der Waals surface area contributed by atoms with Crippen molar-refractivity contribution in [2.75, 3.05) is 13.2 Å². The molecule has 3 rings (SSSR count). The molecule has 0 aliphatic carbocycles. The normalized spacial score (nSPS) is 12.1. The van der Waals surface area contributed by atoms with Crippen LogP contribution in [0.5, 0.6) is 17.2 Å². The molecule has 0 aliphatic heterocycles. The lowest BCUT2D eigenvalue weighted by Gasteiger charge is -2.22. The number of aromatic hydroxyl groups is 2. The summed E-state index contributed by atoms with van der Waals surface area (Å²) >= 11 is 0. The standard InChI is InChI=1S/C22H23NO4/c24-18-10-6-16(7-11-18)22(17-8-12-19(25)13-9-17)23-14-20(26)15-27-21-4-2-1-3-5-21/h1-13,20,22-26H,14-15H2/t20-/m0/s1. The fourth-order valence-electron chi connectivity index (χ4n) is 2.78. The second-order valence-electron chi connectivity index (χ2n) is 6.30. The Morgan fingerprint density at radius 1 is 0.741 bits per heavy atom. The summed E-state index contributed by atoms with van der Waals surface area (Å²) in [6.07, 6.45) is -0.693. The van der Waals surface area contributed by atoms with Gasteiger partial charge in [0.25, 0.3) is 0 Å². The molecular formula is C22H23NO4. The van der Waals surface area contributed by atoms with E-state index in [-0.39, 0.29) is 24.1 Å².